The molecule has 108 valence electrons. The van der Waals surface area contributed by atoms with Crippen molar-refractivity contribution in [3.8, 4) is 0 Å². The van der Waals surface area contributed by atoms with Crippen LogP contribution >= 0.6 is 0 Å². The Morgan fingerprint density at radius 2 is 1.75 bits per heavy atom. The minimum absolute atomic E-state index is 0.125. The highest BCUT2D eigenvalue weighted by atomic mass is 32.2. The van der Waals surface area contributed by atoms with Gasteiger partial charge in [0.25, 0.3) is 5.69 Å². The molecule has 0 aromatic heterocycles. The van der Waals surface area contributed by atoms with E-state index < -0.39 is 31.5 Å². The third-order valence-corrected chi connectivity index (χ3v) is 5.69. The summed E-state index contributed by atoms with van der Waals surface area (Å²) in [6.45, 7) is 0. The first-order valence-electron chi connectivity index (χ1n) is 6.39. The number of ketones is 1. The van der Waals surface area contributed by atoms with Crippen LogP contribution in [0.15, 0.2) is 24.3 Å². The van der Waals surface area contributed by atoms with Gasteiger partial charge in [-0.25, -0.2) is 8.42 Å². The van der Waals surface area contributed by atoms with Gasteiger partial charge in [0.05, 0.1) is 10.2 Å². The normalized spacial score (nSPS) is 16.2. The van der Waals surface area contributed by atoms with Crippen molar-refractivity contribution in [2.75, 3.05) is 5.75 Å². The average molecular weight is 297 g/mol. The maximum Gasteiger partial charge on any atom is 0.269 e. The molecule has 6 nitrogen and oxygen atoms in total. The zero-order chi connectivity index (χ0) is 14.8. The van der Waals surface area contributed by atoms with Crippen LogP contribution in [0.25, 0.3) is 0 Å². The van der Waals surface area contributed by atoms with E-state index >= 15 is 0 Å². The summed E-state index contributed by atoms with van der Waals surface area (Å²) < 4.78 is 24.1. The number of carbonyl (C=O) groups is 1. The van der Waals surface area contributed by atoms with E-state index in [0.29, 0.717) is 12.8 Å². The average Bonchev–Trinajstić information content (AvgIpc) is 2.93. The molecule has 0 radical (unpaired) electrons. The second-order valence-electron chi connectivity index (χ2n) is 4.94. The number of sulfone groups is 1. The Labute approximate surface area is 116 Å². The van der Waals surface area contributed by atoms with Gasteiger partial charge in [0.2, 0.25) is 0 Å². The van der Waals surface area contributed by atoms with E-state index in [0.717, 1.165) is 12.8 Å². The van der Waals surface area contributed by atoms with Gasteiger partial charge in [-0.05, 0) is 25.0 Å². The van der Waals surface area contributed by atoms with Crippen LogP contribution in [-0.4, -0.2) is 30.1 Å². The van der Waals surface area contributed by atoms with Gasteiger partial charge in [0.1, 0.15) is 5.75 Å². The summed E-state index contributed by atoms with van der Waals surface area (Å²) in [5.41, 5.74) is 0.0670. The molecule has 2 rings (SSSR count). The van der Waals surface area contributed by atoms with Gasteiger partial charge in [-0.2, -0.15) is 0 Å². The van der Waals surface area contributed by atoms with Gasteiger partial charge in [0.15, 0.2) is 15.6 Å². The molecule has 1 saturated carbocycles. The van der Waals surface area contributed by atoms with E-state index in [9.17, 15) is 23.3 Å². The lowest BCUT2D eigenvalue weighted by Gasteiger charge is -2.10. The molecule has 20 heavy (non-hydrogen) atoms. The van der Waals surface area contributed by atoms with Crippen molar-refractivity contribution in [3.63, 3.8) is 0 Å². The van der Waals surface area contributed by atoms with Crippen molar-refractivity contribution in [1.29, 1.82) is 0 Å². The highest BCUT2D eigenvalue weighted by Gasteiger charge is 2.30. The number of hydrogen-bond donors (Lipinski definition) is 0. The lowest BCUT2D eigenvalue weighted by Crippen LogP contribution is -2.25. The Bertz CT molecular complexity index is 615. The molecular formula is C13H15NO5S. The molecule has 0 bridgehead atoms. The molecule has 0 heterocycles. The summed E-state index contributed by atoms with van der Waals surface area (Å²) >= 11 is 0. The number of non-ortho nitro benzene ring substituents is 1. The lowest BCUT2D eigenvalue weighted by atomic mass is 10.1. The van der Waals surface area contributed by atoms with Gasteiger partial charge in [-0.1, -0.05) is 12.8 Å². The number of benzene rings is 1. The van der Waals surface area contributed by atoms with Crippen LogP contribution in [0.4, 0.5) is 5.69 Å². The first kappa shape index (κ1) is 14.6. The summed E-state index contributed by atoms with van der Waals surface area (Å²) in [5.74, 6) is -1.03. The molecule has 0 saturated heterocycles. The number of nitrogens with zero attached hydrogens (tertiary/aromatic N) is 1. The quantitative estimate of drug-likeness (QED) is 0.471. The van der Waals surface area contributed by atoms with Crippen LogP contribution in [0.2, 0.25) is 0 Å². The van der Waals surface area contributed by atoms with Crippen molar-refractivity contribution < 1.29 is 18.1 Å². The van der Waals surface area contributed by atoms with Crippen LogP contribution in [0.3, 0.4) is 0 Å². The number of Topliss-reactive ketones (excluding diaryl/α,β-unsaturated/α-hetero) is 1. The predicted molar refractivity (Wildman–Crippen MR) is 73.5 cm³/mol. The fraction of sp³-hybridized carbons (Fsp3) is 0.462. The Morgan fingerprint density at radius 1 is 1.20 bits per heavy atom. The molecule has 0 aliphatic heterocycles. The predicted octanol–water partition coefficient (Wildman–Crippen LogP) is 2.13. The molecule has 1 aromatic rings. The SMILES string of the molecule is O=C(CS(=O)(=O)C1CCCC1)c1ccc([N+](=O)[O-])cc1. The van der Waals surface area contributed by atoms with Crippen LogP contribution < -0.4 is 0 Å². The van der Waals surface area contributed by atoms with Crippen molar-refractivity contribution in [3.05, 3.63) is 39.9 Å². The maximum atomic E-state index is 12.1. The van der Waals surface area contributed by atoms with Gasteiger partial charge < -0.3 is 0 Å². The van der Waals surface area contributed by atoms with Crippen molar-refractivity contribution in [1.82, 2.24) is 0 Å². The van der Waals surface area contributed by atoms with Gasteiger partial charge in [0, 0.05) is 17.7 Å². The van der Waals surface area contributed by atoms with Crippen molar-refractivity contribution in [2.24, 2.45) is 0 Å². The zero-order valence-corrected chi connectivity index (χ0v) is 11.6. The number of rotatable bonds is 5. The minimum Gasteiger partial charge on any atom is -0.293 e. The van der Waals surface area contributed by atoms with E-state index in [4.69, 9.17) is 0 Å². The molecule has 0 spiro atoms. The summed E-state index contributed by atoms with van der Waals surface area (Å²) in [5, 5.41) is 10.1. The smallest absolute Gasteiger partial charge is 0.269 e. The Kier molecular flexibility index (Phi) is 4.17. The Morgan fingerprint density at radius 3 is 2.25 bits per heavy atom. The first-order chi connectivity index (χ1) is 9.40. The summed E-state index contributed by atoms with van der Waals surface area (Å²) in [6, 6.07) is 5.00. The molecular weight excluding hydrogens is 282 g/mol. The molecule has 1 aliphatic rings. The topological polar surface area (TPSA) is 94.3 Å². The van der Waals surface area contributed by atoms with E-state index in [-0.39, 0.29) is 11.3 Å². The molecule has 0 atom stereocenters. The number of nitro benzene ring substituents is 1. The number of carbonyl (C=O) groups excluding carboxylic acids is 1. The number of nitro groups is 1. The van der Waals surface area contributed by atoms with Crippen LogP contribution in [0.1, 0.15) is 36.0 Å². The maximum absolute atomic E-state index is 12.1. The third-order valence-electron chi connectivity index (χ3n) is 3.54. The summed E-state index contributed by atoms with van der Waals surface area (Å²) in [7, 11) is -3.42. The molecule has 1 fully saturated rings. The Balaban J connectivity index is 2.09. The second-order valence-corrected chi connectivity index (χ2v) is 7.22. The van der Waals surface area contributed by atoms with Gasteiger partial charge in [-0.3, -0.25) is 14.9 Å². The second kappa shape index (κ2) is 5.70. The molecule has 7 heteroatoms. The van der Waals surface area contributed by atoms with Crippen molar-refractivity contribution in [2.45, 2.75) is 30.9 Å². The molecule has 0 unspecified atom stereocenters. The third kappa shape index (κ3) is 3.22. The fourth-order valence-corrected chi connectivity index (χ4v) is 4.22. The first-order valence-corrected chi connectivity index (χ1v) is 8.11. The fourth-order valence-electron chi connectivity index (χ4n) is 2.40. The molecule has 1 aliphatic carbocycles. The zero-order valence-electron chi connectivity index (χ0n) is 10.8. The van der Waals surface area contributed by atoms with Crippen molar-refractivity contribution >= 4 is 21.3 Å². The molecule has 0 N–H and O–H groups in total. The van der Waals surface area contributed by atoms with E-state index in [1.807, 2.05) is 0 Å². The standard InChI is InChI=1S/C13H15NO5S/c15-13(9-20(18,19)12-3-1-2-4-12)10-5-7-11(8-6-10)14(16)17/h5-8,12H,1-4,9H2. The minimum atomic E-state index is -3.42. The summed E-state index contributed by atoms with van der Waals surface area (Å²) in [6.07, 6.45) is 3.01. The lowest BCUT2D eigenvalue weighted by molar-refractivity contribution is -0.384. The summed E-state index contributed by atoms with van der Waals surface area (Å²) in [4.78, 5) is 21.9. The number of hydrogen-bond acceptors (Lipinski definition) is 5. The van der Waals surface area contributed by atoms with E-state index in [1.54, 1.807) is 0 Å². The largest absolute Gasteiger partial charge is 0.293 e. The monoisotopic (exact) mass is 297 g/mol. The van der Waals surface area contributed by atoms with Crippen LogP contribution in [0, 0.1) is 10.1 Å². The Hall–Kier alpha value is -1.76. The van der Waals surface area contributed by atoms with Gasteiger partial charge in [-0.15, -0.1) is 0 Å². The highest BCUT2D eigenvalue weighted by Crippen LogP contribution is 2.25. The van der Waals surface area contributed by atoms with E-state index in [1.165, 1.54) is 24.3 Å². The highest BCUT2D eigenvalue weighted by molar-refractivity contribution is 7.92. The molecule has 1 aromatic carbocycles. The van der Waals surface area contributed by atoms with Gasteiger partial charge >= 0.3 is 0 Å². The van der Waals surface area contributed by atoms with Crippen LogP contribution in [-0.2, 0) is 9.84 Å². The van der Waals surface area contributed by atoms with E-state index in [2.05, 4.69) is 0 Å². The molecule has 0 amide bonds. The van der Waals surface area contributed by atoms with Crippen LogP contribution in [0.5, 0.6) is 0 Å².